The molecule has 0 bridgehead atoms. The maximum atomic E-state index is 12.7. The lowest BCUT2D eigenvalue weighted by molar-refractivity contribution is 0.110. The van der Waals surface area contributed by atoms with Gasteiger partial charge in [-0.25, -0.2) is 4.98 Å². The summed E-state index contributed by atoms with van der Waals surface area (Å²) in [5, 5.41) is 3.11. The first-order chi connectivity index (χ1) is 7.68. The molecule has 4 heteroatoms. The van der Waals surface area contributed by atoms with E-state index >= 15 is 0 Å². The Hall–Kier alpha value is -1.16. The van der Waals surface area contributed by atoms with Gasteiger partial charge < -0.3 is 10.1 Å². The van der Waals surface area contributed by atoms with Crippen LogP contribution in [-0.4, -0.2) is 24.7 Å². The number of nitrogens with one attached hydrogen (secondary N) is 1. The number of halogens is 1. The van der Waals surface area contributed by atoms with Crippen LogP contribution in [0, 0.1) is 11.9 Å². The number of aromatic nitrogens is 1. The van der Waals surface area contributed by atoms with Gasteiger partial charge in [0, 0.05) is 37.7 Å². The molecule has 0 aliphatic carbocycles. The number of anilines is 1. The van der Waals surface area contributed by atoms with E-state index in [1.165, 1.54) is 12.3 Å². The molecule has 0 fully saturated rings. The van der Waals surface area contributed by atoms with Gasteiger partial charge in [-0.15, -0.1) is 0 Å². The molecule has 1 N–H and O–H groups in total. The third-order valence-corrected chi connectivity index (χ3v) is 1.97. The average molecular weight is 226 g/mol. The highest BCUT2D eigenvalue weighted by Gasteiger charge is 1.96. The fourth-order valence-electron chi connectivity index (χ4n) is 1.24. The van der Waals surface area contributed by atoms with Gasteiger partial charge >= 0.3 is 0 Å². The van der Waals surface area contributed by atoms with Crippen molar-refractivity contribution in [1.82, 2.24) is 4.98 Å². The topological polar surface area (TPSA) is 34.1 Å². The first-order valence-corrected chi connectivity index (χ1v) is 5.61. The molecule has 0 aliphatic rings. The summed E-state index contributed by atoms with van der Waals surface area (Å²) in [6.07, 6.45) is 2.36. The number of hydrogen-bond donors (Lipinski definition) is 1. The molecular formula is C12H19FN2O. The molecule has 0 saturated heterocycles. The average Bonchev–Trinajstić information content (AvgIpc) is 2.23. The van der Waals surface area contributed by atoms with Crippen LogP contribution in [0.4, 0.5) is 10.1 Å². The first-order valence-electron chi connectivity index (χ1n) is 5.61. The van der Waals surface area contributed by atoms with Gasteiger partial charge in [0.25, 0.3) is 0 Å². The lowest BCUT2D eigenvalue weighted by Gasteiger charge is -2.08. The van der Waals surface area contributed by atoms with E-state index in [1.807, 2.05) is 0 Å². The zero-order valence-corrected chi connectivity index (χ0v) is 9.87. The van der Waals surface area contributed by atoms with Crippen LogP contribution >= 0.6 is 0 Å². The Morgan fingerprint density at radius 3 is 3.00 bits per heavy atom. The molecule has 3 nitrogen and oxygen atoms in total. The SMILES string of the molecule is CC(C)COCCCNc1ccnc(F)c1. The van der Waals surface area contributed by atoms with Gasteiger partial charge in [-0.3, -0.25) is 0 Å². The molecule has 1 rings (SSSR count). The summed E-state index contributed by atoms with van der Waals surface area (Å²) < 4.78 is 18.1. The smallest absolute Gasteiger partial charge is 0.214 e. The van der Waals surface area contributed by atoms with Gasteiger partial charge in [-0.05, 0) is 18.4 Å². The highest BCUT2D eigenvalue weighted by Crippen LogP contribution is 2.06. The molecule has 0 atom stereocenters. The maximum absolute atomic E-state index is 12.7. The van der Waals surface area contributed by atoms with E-state index < -0.39 is 5.95 Å². The van der Waals surface area contributed by atoms with Crippen LogP contribution < -0.4 is 5.32 Å². The minimum absolute atomic E-state index is 0.457. The predicted octanol–water partition coefficient (Wildman–Crippen LogP) is 2.70. The standard InChI is InChI=1S/C12H19FN2O/c1-10(2)9-16-7-3-5-14-11-4-6-15-12(13)8-11/h4,6,8,10H,3,5,7,9H2,1-2H3,(H,14,15). The Balaban J connectivity index is 2.07. The molecule has 0 saturated carbocycles. The minimum atomic E-state index is -0.457. The molecule has 0 spiro atoms. The Labute approximate surface area is 96.0 Å². The molecule has 0 aliphatic heterocycles. The Bertz CT molecular complexity index is 305. The van der Waals surface area contributed by atoms with E-state index in [0.717, 1.165) is 31.9 Å². The van der Waals surface area contributed by atoms with E-state index in [2.05, 4.69) is 24.1 Å². The molecular weight excluding hydrogens is 207 g/mol. The highest BCUT2D eigenvalue weighted by molar-refractivity contribution is 5.40. The predicted molar refractivity (Wildman–Crippen MR) is 63.0 cm³/mol. The number of hydrogen-bond acceptors (Lipinski definition) is 3. The summed E-state index contributed by atoms with van der Waals surface area (Å²) >= 11 is 0. The zero-order chi connectivity index (χ0) is 11.8. The summed E-state index contributed by atoms with van der Waals surface area (Å²) in [5.74, 6) is 0.114. The lowest BCUT2D eigenvalue weighted by Crippen LogP contribution is -2.08. The monoisotopic (exact) mass is 226 g/mol. The van der Waals surface area contributed by atoms with Crippen molar-refractivity contribution in [1.29, 1.82) is 0 Å². The molecule has 0 amide bonds. The van der Waals surface area contributed by atoms with Gasteiger partial charge in [-0.1, -0.05) is 13.8 Å². The van der Waals surface area contributed by atoms with Gasteiger partial charge in [0.1, 0.15) is 0 Å². The van der Waals surface area contributed by atoms with E-state index in [1.54, 1.807) is 6.07 Å². The summed E-state index contributed by atoms with van der Waals surface area (Å²) in [5.41, 5.74) is 0.761. The van der Waals surface area contributed by atoms with E-state index in [-0.39, 0.29) is 0 Å². The molecule has 1 aromatic heterocycles. The van der Waals surface area contributed by atoms with Crippen molar-refractivity contribution in [3.05, 3.63) is 24.3 Å². The Morgan fingerprint density at radius 2 is 2.31 bits per heavy atom. The van der Waals surface area contributed by atoms with Crippen LogP contribution in [0.1, 0.15) is 20.3 Å². The van der Waals surface area contributed by atoms with Crippen molar-refractivity contribution >= 4 is 5.69 Å². The third-order valence-electron chi connectivity index (χ3n) is 1.97. The fraction of sp³-hybridized carbons (Fsp3) is 0.583. The highest BCUT2D eigenvalue weighted by atomic mass is 19.1. The molecule has 90 valence electrons. The molecule has 1 aromatic rings. The summed E-state index contributed by atoms with van der Waals surface area (Å²) in [4.78, 5) is 3.49. The van der Waals surface area contributed by atoms with Crippen LogP contribution in [0.3, 0.4) is 0 Å². The van der Waals surface area contributed by atoms with Crippen molar-refractivity contribution in [3.8, 4) is 0 Å². The Morgan fingerprint density at radius 1 is 1.50 bits per heavy atom. The van der Waals surface area contributed by atoms with Gasteiger partial charge in [0.15, 0.2) is 0 Å². The van der Waals surface area contributed by atoms with Crippen molar-refractivity contribution < 1.29 is 9.13 Å². The van der Waals surface area contributed by atoms with E-state index in [0.29, 0.717) is 5.92 Å². The second-order valence-electron chi connectivity index (χ2n) is 4.12. The van der Waals surface area contributed by atoms with E-state index in [9.17, 15) is 4.39 Å². The normalized spacial score (nSPS) is 10.8. The van der Waals surface area contributed by atoms with Crippen molar-refractivity contribution in [2.45, 2.75) is 20.3 Å². The fourth-order valence-corrected chi connectivity index (χ4v) is 1.24. The van der Waals surface area contributed by atoms with Gasteiger partial charge in [0.05, 0.1) is 0 Å². The van der Waals surface area contributed by atoms with Crippen LogP contribution in [-0.2, 0) is 4.74 Å². The van der Waals surface area contributed by atoms with Crippen LogP contribution in [0.5, 0.6) is 0 Å². The van der Waals surface area contributed by atoms with Crippen molar-refractivity contribution in [2.24, 2.45) is 5.92 Å². The van der Waals surface area contributed by atoms with E-state index in [4.69, 9.17) is 4.74 Å². The number of ether oxygens (including phenoxy) is 1. The van der Waals surface area contributed by atoms with Crippen molar-refractivity contribution in [2.75, 3.05) is 25.1 Å². The molecule has 1 heterocycles. The number of nitrogens with zero attached hydrogens (tertiary/aromatic N) is 1. The Kier molecular flexibility index (Phi) is 5.78. The summed E-state index contributed by atoms with van der Waals surface area (Å²) in [7, 11) is 0. The van der Waals surface area contributed by atoms with Crippen LogP contribution in [0.2, 0.25) is 0 Å². The second kappa shape index (κ2) is 7.17. The number of pyridine rings is 1. The first kappa shape index (κ1) is 12.9. The zero-order valence-electron chi connectivity index (χ0n) is 9.87. The maximum Gasteiger partial charge on any atom is 0.214 e. The van der Waals surface area contributed by atoms with Crippen LogP contribution in [0.25, 0.3) is 0 Å². The largest absolute Gasteiger partial charge is 0.385 e. The quantitative estimate of drug-likeness (QED) is 0.573. The van der Waals surface area contributed by atoms with Crippen LogP contribution in [0.15, 0.2) is 18.3 Å². The van der Waals surface area contributed by atoms with Gasteiger partial charge in [0.2, 0.25) is 5.95 Å². The van der Waals surface area contributed by atoms with Gasteiger partial charge in [-0.2, -0.15) is 4.39 Å². The molecule has 16 heavy (non-hydrogen) atoms. The molecule has 0 unspecified atom stereocenters. The molecule has 0 radical (unpaired) electrons. The molecule has 0 aromatic carbocycles. The van der Waals surface area contributed by atoms with Crippen molar-refractivity contribution in [3.63, 3.8) is 0 Å². The lowest BCUT2D eigenvalue weighted by atomic mass is 10.2. The minimum Gasteiger partial charge on any atom is -0.385 e. The summed E-state index contributed by atoms with van der Waals surface area (Å²) in [6, 6.07) is 3.13. The second-order valence-corrected chi connectivity index (χ2v) is 4.12. The number of rotatable bonds is 7. The summed E-state index contributed by atoms with van der Waals surface area (Å²) in [6.45, 7) is 6.56. The third kappa shape index (κ3) is 5.66.